The van der Waals surface area contributed by atoms with E-state index in [0.717, 1.165) is 14.1 Å². The molecule has 0 fully saturated rings. The van der Waals surface area contributed by atoms with Crippen molar-refractivity contribution in [1.82, 2.24) is 0 Å². The molecule has 0 aromatic heterocycles. The summed E-state index contributed by atoms with van der Waals surface area (Å²) >= 11 is 0. The van der Waals surface area contributed by atoms with Gasteiger partial charge in [0.05, 0.1) is 0 Å². The minimum atomic E-state index is 0.733. The fourth-order valence-electron chi connectivity index (χ4n) is 0.904. The van der Waals surface area contributed by atoms with Crippen LogP contribution in [0.3, 0.4) is 0 Å². The quantitative estimate of drug-likeness (QED) is 0.581. The summed E-state index contributed by atoms with van der Waals surface area (Å²) in [5.41, 5.74) is 2.54. The first kappa shape index (κ1) is 8.34. The topological polar surface area (TPSA) is 9.23 Å². The highest BCUT2D eigenvalue weighted by Gasteiger charge is 1.93. The van der Waals surface area contributed by atoms with Gasteiger partial charge in [-0.15, -0.1) is 0 Å². The van der Waals surface area contributed by atoms with E-state index in [9.17, 15) is 0 Å². The van der Waals surface area contributed by atoms with Crippen molar-refractivity contribution in [2.75, 3.05) is 6.61 Å². The van der Waals surface area contributed by atoms with Crippen molar-refractivity contribution >= 4 is 12.9 Å². The average molecular weight is 148 g/mol. The minimum Gasteiger partial charge on any atom is -0.435 e. The highest BCUT2D eigenvalue weighted by Crippen LogP contribution is 1.91. The number of hydrogen-bond donors (Lipinski definition) is 0. The van der Waals surface area contributed by atoms with E-state index in [1.54, 1.807) is 0 Å². The van der Waals surface area contributed by atoms with Crippen LogP contribution < -0.4 is 5.46 Å². The molecule has 0 amide bonds. The van der Waals surface area contributed by atoms with Gasteiger partial charge in [0, 0.05) is 6.61 Å². The van der Waals surface area contributed by atoms with Crippen LogP contribution in [0.1, 0.15) is 12.5 Å². The molecule has 0 saturated carbocycles. The van der Waals surface area contributed by atoms with Crippen LogP contribution in [-0.2, 0) is 4.65 Å². The zero-order valence-electron chi connectivity index (χ0n) is 7.13. The lowest BCUT2D eigenvalue weighted by Crippen LogP contribution is -2.16. The van der Waals surface area contributed by atoms with E-state index in [0.29, 0.717) is 0 Å². The van der Waals surface area contributed by atoms with E-state index >= 15 is 0 Å². The van der Waals surface area contributed by atoms with Crippen LogP contribution in [-0.4, -0.2) is 14.1 Å². The third-order valence-electron chi connectivity index (χ3n) is 1.59. The van der Waals surface area contributed by atoms with Crippen molar-refractivity contribution in [3.63, 3.8) is 0 Å². The molecule has 0 unspecified atom stereocenters. The average Bonchev–Trinajstić information content (AvgIpc) is 2.04. The van der Waals surface area contributed by atoms with Gasteiger partial charge in [-0.2, -0.15) is 0 Å². The second kappa shape index (κ2) is 4.19. The summed E-state index contributed by atoms with van der Waals surface area (Å²) in [6, 6.07) is 8.42. The summed E-state index contributed by atoms with van der Waals surface area (Å²) in [7, 11) is 0.733. The van der Waals surface area contributed by atoms with Gasteiger partial charge in [0.15, 0.2) is 0 Å². The molecule has 1 aromatic rings. The van der Waals surface area contributed by atoms with Crippen LogP contribution in [0, 0.1) is 6.92 Å². The fraction of sp³-hybridized carbons (Fsp3) is 0.333. The van der Waals surface area contributed by atoms with Crippen LogP contribution in [0.25, 0.3) is 0 Å². The lowest BCUT2D eigenvalue weighted by Gasteiger charge is -1.98. The molecule has 0 spiro atoms. The Labute approximate surface area is 68.7 Å². The van der Waals surface area contributed by atoms with Gasteiger partial charge in [0.2, 0.25) is 0 Å². The van der Waals surface area contributed by atoms with E-state index in [1.807, 2.05) is 6.92 Å². The SMILES string of the molecule is CCOBc1ccc(C)cc1. The van der Waals surface area contributed by atoms with Gasteiger partial charge < -0.3 is 4.65 Å². The Bertz CT molecular complexity index is 205. The molecule has 1 aromatic carbocycles. The second-order valence-electron chi connectivity index (χ2n) is 2.62. The first-order valence-electron chi connectivity index (χ1n) is 3.96. The van der Waals surface area contributed by atoms with Crippen molar-refractivity contribution in [1.29, 1.82) is 0 Å². The maximum atomic E-state index is 5.26. The molecule has 11 heavy (non-hydrogen) atoms. The monoisotopic (exact) mass is 148 g/mol. The molecule has 0 atom stereocenters. The Balaban J connectivity index is 2.52. The number of aryl methyl sites for hydroxylation is 1. The molecular weight excluding hydrogens is 135 g/mol. The molecule has 0 aliphatic carbocycles. The van der Waals surface area contributed by atoms with Crippen LogP contribution in [0.4, 0.5) is 0 Å². The van der Waals surface area contributed by atoms with Gasteiger partial charge >= 0.3 is 7.48 Å². The lowest BCUT2D eigenvalue weighted by molar-refractivity contribution is 0.367. The number of hydrogen-bond acceptors (Lipinski definition) is 1. The Morgan fingerprint density at radius 2 is 1.91 bits per heavy atom. The van der Waals surface area contributed by atoms with E-state index < -0.39 is 0 Å². The van der Waals surface area contributed by atoms with Gasteiger partial charge in [-0.3, -0.25) is 0 Å². The van der Waals surface area contributed by atoms with Crippen LogP contribution in [0.2, 0.25) is 0 Å². The van der Waals surface area contributed by atoms with Crippen molar-refractivity contribution < 1.29 is 4.65 Å². The zero-order valence-corrected chi connectivity index (χ0v) is 7.13. The Morgan fingerprint density at radius 3 is 2.45 bits per heavy atom. The van der Waals surface area contributed by atoms with Crippen LogP contribution in [0.15, 0.2) is 24.3 Å². The van der Waals surface area contributed by atoms with Crippen LogP contribution >= 0.6 is 0 Å². The molecule has 0 radical (unpaired) electrons. The van der Waals surface area contributed by atoms with Gasteiger partial charge in [0.1, 0.15) is 0 Å². The standard InChI is InChI=1S/C9H13BO/c1-3-11-10-9-6-4-8(2)5-7-9/h4-7,10H,3H2,1-2H3. The van der Waals surface area contributed by atoms with E-state index in [4.69, 9.17) is 4.65 Å². The van der Waals surface area contributed by atoms with Crippen molar-refractivity contribution in [3.8, 4) is 0 Å². The van der Waals surface area contributed by atoms with Crippen molar-refractivity contribution in [2.45, 2.75) is 13.8 Å². The summed E-state index contributed by atoms with van der Waals surface area (Å²) in [4.78, 5) is 0. The van der Waals surface area contributed by atoms with E-state index in [2.05, 4.69) is 31.2 Å². The number of benzene rings is 1. The normalized spacial score (nSPS) is 9.64. The molecule has 0 saturated heterocycles. The number of rotatable bonds is 3. The smallest absolute Gasteiger partial charge is 0.308 e. The van der Waals surface area contributed by atoms with E-state index in [1.165, 1.54) is 11.0 Å². The highest BCUT2D eigenvalue weighted by atomic mass is 16.4. The third-order valence-corrected chi connectivity index (χ3v) is 1.59. The molecule has 0 bridgehead atoms. The molecule has 0 N–H and O–H groups in total. The molecule has 0 heterocycles. The molecule has 0 aliphatic rings. The summed E-state index contributed by atoms with van der Waals surface area (Å²) in [6.07, 6.45) is 0. The zero-order chi connectivity index (χ0) is 8.10. The maximum Gasteiger partial charge on any atom is 0.308 e. The second-order valence-corrected chi connectivity index (χ2v) is 2.62. The first-order chi connectivity index (χ1) is 5.33. The summed E-state index contributed by atoms with van der Waals surface area (Å²) in [5, 5.41) is 0. The lowest BCUT2D eigenvalue weighted by atomic mass is 9.88. The van der Waals surface area contributed by atoms with Gasteiger partial charge in [-0.25, -0.2) is 0 Å². The predicted octanol–water partition coefficient (Wildman–Crippen LogP) is 1.01. The van der Waals surface area contributed by atoms with Crippen molar-refractivity contribution in [3.05, 3.63) is 29.8 Å². The molecule has 1 nitrogen and oxygen atoms in total. The fourth-order valence-corrected chi connectivity index (χ4v) is 0.904. The van der Waals surface area contributed by atoms with Gasteiger partial charge in [0.25, 0.3) is 0 Å². The molecule has 0 aliphatic heterocycles. The first-order valence-corrected chi connectivity index (χ1v) is 3.96. The van der Waals surface area contributed by atoms with E-state index in [-0.39, 0.29) is 0 Å². The minimum absolute atomic E-state index is 0.733. The Kier molecular flexibility index (Phi) is 3.18. The third kappa shape index (κ3) is 2.77. The van der Waals surface area contributed by atoms with Crippen molar-refractivity contribution in [2.24, 2.45) is 0 Å². The summed E-state index contributed by atoms with van der Waals surface area (Å²) in [6.45, 7) is 4.88. The Hall–Kier alpha value is -0.755. The summed E-state index contributed by atoms with van der Waals surface area (Å²) < 4.78 is 5.26. The largest absolute Gasteiger partial charge is 0.435 e. The van der Waals surface area contributed by atoms with Gasteiger partial charge in [-0.1, -0.05) is 35.3 Å². The Morgan fingerprint density at radius 1 is 1.27 bits per heavy atom. The van der Waals surface area contributed by atoms with Crippen LogP contribution in [0.5, 0.6) is 0 Å². The molecular formula is C9H13BO. The maximum absolute atomic E-state index is 5.26. The van der Waals surface area contributed by atoms with Gasteiger partial charge in [-0.05, 0) is 13.8 Å². The highest BCUT2D eigenvalue weighted by molar-refractivity contribution is 6.46. The predicted molar refractivity (Wildman–Crippen MR) is 49.6 cm³/mol. The molecule has 2 heteroatoms. The molecule has 58 valence electrons. The summed E-state index contributed by atoms with van der Waals surface area (Å²) in [5.74, 6) is 0. The molecule has 1 rings (SSSR count).